The van der Waals surface area contributed by atoms with Crippen molar-refractivity contribution < 1.29 is 0 Å². The van der Waals surface area contributed by atoms with Gasteiger partial charge < -0.3 is 5.32 Å². The minimum atomic E-state index is 0.421. The summed E-state index contributed by atoms with van der Waals surface area (Å²) in [7, 11) is 0. The van der Waals surface area contributed by atoms with E-state index in [-0.39, 0.29) is 0 Å². The fraction of sp³-hybridized carbons (Fsp3) is 0.500. The van der Waals surface area contributed by atoms with E-state index in [1.807, 2.05) is 18.5 Å². The molecule has 1 saturated heterocycles. The first kappa shape index (κ1) is 13.5. The Balaban J connectivity index is 1.57. The molecule has 0 amide bonds. The molecule has 0 spiro atoms. The third-order valence-electron chi connectivity index (χ3n) is 3.50. The lowest BCUT2D eigenvalue weighted by molar-refractivity contribution is 0.206. The van der Waals surface area contributed by atoms with Crippen molar-refractivity contribution in [1.82, 2.24) is 19.9 Å². The van der Waals surface area contributed by atoms with Crippen LogP contribution in [0.4, 0.5) is 5.95 Å². The second kappa shape index (κ2) is 6.28. The molecule has 1 unspecified atom stereocenters. The molecule has 0 bridgehead atoms. The number of aromatic nitrogens is 3. The van der Waals surface area contributed by atoms with Crippen LogP contribution in [0.25, 0.3) is 0 Å². The molecule has 1 atom stereocenters. The zero-order valence-corrected chi connectivity index (χ0v) is 12.4. The standard InChI is InChI=1S/C14H19N5S/c1-11-4-5-15-14(17-11)18-12-3-2-6-19(7-12)8-13-9-20-10-16-13/h4-5,9-10,12H,2-3,6-8H2,1H3,(H,15,17,18). The Morgan fingerprint density at radius 2 is 2.40 bits per heavy atom. The van der Waals surface area contributed by atoms with Crippen LogP contribution < -0.4 is 5.32 Å². The molecule has 5 nitrogen and oxygen atoms in total. The summed E-state index contributed by atoms with van der Waals surface area (Å²) in [5.74, 6) is 0.741. The van der Waals surface area contributed by atoms with E-state index in [1.165, 1.54) is 18.5 Å². The minimum absolute atomic E-state index is 0.421. The van der Waals surface area contributed by atoms with Crippen molar-refractivity contribution in [2.75, 3.05) is 18.4 Å². The summed E-state index contributed by atoms with van der Waals surface area (Å²) < 4.78 is 0. The molecule has 3 rings (SSSR count). The number of hydrogen-bond donors (Lipinski definition) is 1. The van der Waals surface area contributed by atoms with Crippen molar-refractivity contribution in [3.05, 3.63) is 34.5 Å². The van der Waals surface area contributed by atoms with Gasteiger partial charge in [-0.05, 0) is 32.4 Å². The lowest BCUT2D eigenvalue weighted by Crippen LogP contribution is -2.42. The number of thiazole rings is 1. The van der Waals surface area contributed by atoms with Crippen LogP contribution in [0.15, 0.2) is 23.2 Å². The number of nitrogens with one attached hydrogen (secondary N) is 1. The van der Waals surface area contributed by atoms with E-state index in [1.54, 1.807) is 17.5 Å². The Morgan fingerprint density at radius 3 is 3.20 bits per heavy atom. The Hall–Kier alpha value is -1.53. The molecular weight excluding hydrogens is 270 g/mol. The maximum Gasteiger partial charge on any atom is 0.223 e. The van der Waals surface area contributed by atoms with Gasteiger partial charge in [0.2, 0.25) is 5.95 Å². The molecule has 0 aliphatic carbocycles. The number of hydrogen-bond acceptors (Lipinski definition) is 6. The van der Waals surface area contributed by atoms with Crippen molar-refractivity contribution >= 4 is 17.3 Å². The van der Waals surface area contributed by atoms with Crippen LogP contribution in [0.2, 0.25) is 0 Å². The molecule has 0 saturated carbocycles. The minimum Gasteiger partial charge on any atom is -0.350 e. The lowest BCUT2D eigenvalue weighted by Gasteiger charge is -2.32. The molecule has 2 aromatic heterocycles. The Bertz CT molecular complexity index is 542. The summed E-state index contributed by atoms with van der Waals surface area (Å²) >= 11 is 1.66. The highest BCUT2D eigenvalue weighted by molar-refractivity contribution is 7.07. The number of piperidine rings is 1. The van der Waals surface area contributed by atoms with Gasteiger partial charge in [0.1, 0.15) is 0 Å². The van der Waals surface area contributed by atoms with Crippen molar-refractivity contribution in [3.8, 4) is 0 Å². The number of anilines is 1. The van der Waals surface area contributed by atoms with Gasteiger partial charge >= 0.3 is 0 Å². The highest BCUT2D eigenvalue weighted by Gasteiger charge is 2.20. The fourth-order valence-corrected chi connectivity index (χ4v) is 3.11. The number of aryl methyl sites for hydroxylation is 1. The van der Waals surface area contributed by atoms with E-state index in [0.29, 0.717) is 6.04 Å². The van der Waals surface area contributed by atoms with Crippen LogP contribution in [0.3, 0.4) is 0 Å². The Kier molecular flexibility index (Phi) is 4.22. The van der Waals surface area contributed by atoms with Crippen molar-refractivity contribution in [3.63, 3.8) is 0 Å². The SMILES string of the molecule is Cc1ccnc(NC2CCCN(Cc3cscn3)C2)n1. The average Bonchev–Trinajstić information content (AvgIpc) is 2.92. The molecule has 106 valence electrons. The summed E-state index contributed by atoms with van der Waals surface area (Å²) in [5.41, 5.74) is 4.07. The Morgan fingerprint density at radius 1 is 1.45 bits per heavy atom. The molecular formula is C14H19N5S. The maximum atomic E-state index is 4.42. The molecule has 3 heterocycles. The molecule has 1 fully saturated rings. The van der Waals surface area contributed by atoms with Crippen LogP contribution in [-0.2, 0) is 6.54 Å². The first-order valence-electron chi connectivity index (χ1n) is 6.95. The predicted molar refractivity (Wildman–Crippen MR) is 80.8 cm³/mol. The molecule has 0 aromatic carbocycles. The number of rotatable bonds is 4. The van der Waals surface area contributed by atoms with Gasteiger partial charge in [0.25, 0.3) is 0 Å². The largest absolute Gasteiger partial charge is 0.350 e. The third-order valence-corrected chi connectivity index (χ3v) is 4.14. The van der Waals surface area contributed by atoms with E-state index >= 15 is 0 Å². The molecule has 6 heteroatoms. The molecule has 0 radical (unpaired) electrons. The summed E-state index contributed by atoms with van der Waals surface area (Å²) in [6.45, 7) is 5.10. The summed E-state index contributed by atoms with van der Waals surface area (Å²) in [4.78, 5) is 15.5. The molecule has 1 N–H and O–H groups in total. The van der Waals surface area contributed by atoms with Gasteiger partial charge in [-0.2, -0.15) is 0 Å². The zero-order chi connectivity index (χ0) is 13.8. The van der Waals surface area contributed by atoms with E-state index < -0.39 is 0 Å². The van der Waals surface area contributed by atoms with Crippen molar-refractivity contribution in [2.24, 2.45) is 0 Å². The monoisotopic (exact) mass is 289 g/mol. The van der Waals surface area contributed by atoms with Crippen LogP contribution in [0, 0.1) is 6.92 Å². The number of nitrogens with zero attached hydrogens (tertiary/aromatic N) is 4. The smallest absolute Gasteiger partial charge is 0.223 e. The lowest BCUT2D eigenvalue weighted by atomic mass is 10.1. The molecule has 1 aliphatic heterocycles. The van der Waals surface area contributed by atoms with Gasteiger partial charge in [-0.3, -0.25) is 4.90 Å². The first-order valence-corrected chi connectivity index (χ1v) is 7.89. The topological polar surface area (TPSA) is 53.9 Å². The van der Waals surface area contributed by atoms with Gasteiger partial charge in [-0.15, -0.1) is 11.3 Å². The van der Waals surface area contributed by atoms with E-state index in [2.05, 4.69) is 30.5 Å². The summed E-state index contributed by atoms with van der Waals surface area (Å²) in [5, 5.41) is 5.58. The third kappa shape index (κ3) is 3.52. The maximum absolute atomic E-state index is 4.42. The molecule has 1 aliphatic rings. The first-order chi connectivity index (χ1) is 9.79. The van der Waals surface area contributed by atoms with E-state index in [9.17, 15) is 0 Å². The average molecular weight is 289 g/mol. The van der Waals surface area contributed by atoms with Gasteiger partial charge in [0, 0.05) is 36.4 Å². The van der Waals surface area contributed by atoms with E-state index in [4.69, 9.17) is 0 Å². The van der Waals surface area contributed by atoms with Gasteiger partial charge in [0.15, 0.2) is 0 Å². The molecule has 20 heavy (non-hydrogen) atoms. The van der Waals surface area contributed by atoms with Crippen molar-refractivity contribution in [2.45, 2.75) is 32.4 Å². The van der Waals surface area contributed by atoms with Gasteiger partial charge in [-0.1, -0.05) is 0 Å². The van der Waals surface area contributed by atoms with Crippen LogP contribution in [0.1, 0.15) is 24.2 Å². The fourth-order valence-electron chi connectivity index (χ4n) is 2.56. The van der Waals surface area contributed by atoms with E-state index in [0.717, 1.165) is 31.3 Å². The second-order valence-electron chi connectivity index (χ2n) is 5.22. The van der Waals surface area contributed by atoms with Crippen LogP contribution in [-0.4, -0.2) is 39.0 Å². The van der Waals surface area contributed by atoms with Gasteiger partial charge in [0.05, 0.1) is 11.2 Å². The van der Waals surface area contributed by atoms with Gasteiger partial charge in [-0.25, -0.2) is 15.0 Å². The molecule has 2 aromatic rings. The second-order valence-corrected chi connectivity index (χ2v) is 5.94. The number of likely N-dealkylation sites (tertiary alicyclic amines) is 1. The van der Waals surface area contributed by atoms with Crippen LogP contribution >= 0.6 is 11.3 Å². The normalized spacial score (nSPS) is 19.9. The quantitative estimate of drug-likeness (QED) is 0.936. The van der Waals surface area contributed by atoms with Crippen molar-refractivity contribution in [1.29, 1.82) is 0 Å². The zero-order valence-electron chi connectivity index (χ0n) is 11.6. The Labute approximate surface area is 123 Å². The summed E-state index contributed by atoms with van der Waals surface area (Å²) in [6.07, 6.45) is 4.18. The summed E-state index contributed by atoms with van der Waals surface area (Å²) in [6, 6.07) is 2.34. The highest BCUT2D eigenvalue weighted by Crippen LogP contribution is 2.16. The highest BCUT2D eigenvalue weighted by atomic mass is 32.1. The van der Waals surface area contributed by atoms with Crippen LogP contribution in [0.5, 0.6) is 0 Å². The predicted octanol–water partition coefficient (Wildman–Crippen LogP) is 2.32.